The van der Waals surface area contributed by atoms with Gasteiger partial charge in [0.05, 0.1) is 12.7 Å². The van der Waals surface area contributed by atoms with Crippen LogP contribution in [0.1, 0.15) is 30.4 Å². The van der Waals surface area contributed by atoms with E-state index in [1.807, 2.05) is 0 Å². The maximum absolute atomic E-state index is 12.1. The molecule has 0 saturated carbocycles. The fourth-order valence-electron chi connectivity index (χ4n) is 1.74. The van der Waals surface area contributed by atoms with Gasteiger partial charge in [-0.2, -0.15) is 0 Å². The molecule has 1 aromatic rings. The van der Waals surface area contributed by atoms with Gasteiger partial charge >= 0.3 is 5.97 Å². The third-order valence-corrected chi connectivity index (χ3v) is 4.17. The number of nitrogens with one attached hydrogen (secondary N) is 1. The van der Waals surface area contributed by atoms with Crippen LogP contribution in [0.3, 0.4) is 0 Å². The van der Waals surface area contributed by atoms with Crippen molar-refractivity contribution in [2.45, 2.75) is 30.9 Å². The minimum absolute atomic E-state index is 0.00407. The molecule has 1 atom stereocenters. The van der Waals surface area contributed by atoms with Gasteiger partial charge in [-0.25, -0.2) is 17.9 Å². The van der Waals surface area contributed by atoms with Crippen molar-refractivity contribution in [3.8, 4) is 0 Å². The normalized spacial score (nSPS) is 13.6. The van der Waals surface area contributed by atoms with Crippen molar-refractivity contribution in [3.63, 3.8) is 0 Å². The number of aliphatic hydroxyl groups is 1. The summed E-state index contributed by atoms with van der Waals surface area (Å²) in [7, 11) is -2.50. The lowest BCUT2D eigenvalue weighted by Crippen LogP contribution is -2.34. The maximum Gasteiger partial charge on any atom is 0.352 e. The zero-order chi connectivity index (χ0) is 16.2. The summed E-state index contributed by atoms with van der Waals surface area (Å²) in [6.45, 7) is 3.28. The molecule has 1 heterocycles. The number of carboxylic acids is 1. The average Bonchev–Trinajstić information content (AvgIpc) is 2.83. The van der Waals surface area contributed by atoms with Crippen molar-refractivity contribution >= 4 is 16.0 Å². The number of nitrogens with zero attached hydrogens (tertiary/aromatic N) is 1. The lowest BCUT2D eigenvalue weighted by molar-refractivity contribution is 0.0678. The van der Waals surface area contributed by atoms with Gasteiger partial charge in [-0.15, -0.1) is 0 Å². The Kier molecular flexibility index (Phi) is 5.90. The summed E-state index contributed by atoms with van der Waals surface area (Å²) in [6.07, 6.45) is 0.287. The first kappa shape index (κ1) is 17.6. The second kappa shape index (κ2) is 7.03. The quantitative estimate of drug-likeness (QED) is 0.623. The molecule has 1 aromatic heterocycles. The van der Waals surface area contributed by atoms with Gasteiger partial charge in [-0.3, -0.25) is 0 Å². The third kappa shape index (κ3) is 4.53. The highest BCUT2D eigenvalue weighted by Crippen LogP contribution is 2.18. The molecule has 0 aliphatic rings. The molecule has 0 aliphatic heterocycles. The Balaban J connectivity index is 2.98. The molecule has 0 saturated heterocycles. The molecule has 21 heavy (non-hydrogen) atoms. The number of carbonyl (C=O) groups is 1. The summed E-state index contributed by atoms with van der Waals surface area (Å²) < 4.78 is 32.4. The number of methoxy groups -OCH3 is 1. The van der Waals surface area contributed by atoms with Gasteiger partial charge in [0.15, 0.2) is 0 Å². The smallest absolute Gasteiger partial charge is 0.352 e. The Hall–Kier alpha value is -1.42. The Morgan fingerprint density at radius 1 is 1.48 bits per heavy atom. The first-order chi connectivity index (χ1) is 9.69. The first-order valence-corrected chi connectivity index (χ1v) is 7.79. The molecule has 1 rings (SSSR count). The van der Waals surface area contributed by atoms with E-state index in [1.165, 1.54) is 17.9 Å². The van der Waals surface area contributed by atoms with E-state index in [0.717, 1.165) is 6.07 Å². The predicted octanol–water partition coefficient (Wildman–Crippen LogP) is 0.0528. The topological polar surface area (TPSA) is 118 Å². The van der Waals surface area contributed by atoms with Crippen LogP contribution >= 0.6 is 0 Å². The van der Waals surface area contributed by atoms with Crippen LogP contribution in [0.15, 0.2) is 17.2 Å². The molecule has 3 N–H and O–H groups in total. The summed E-state index contributed by atoms with van der Waals surface area (Å²) in [5.74, 6) is -1.20. The number of hydrogen-bond acceptors (Lipinski definition) is 5. The predicted molar refractivity (Wildman–Crippen MR) is 74.8 cm³/mol. The molecular formula is C12H20N2O6S. The van der Waals surface area contributed by atoms with E-state index in [1.54, 1.807) is 13.8 Å². The molecule has 8 nitrogen and oxygen atoms in total. The second-order valence-electron chi connectivity index (χ2n) is 4.83. The number of aromatic carboxylic acids is 1. The van der Waals surface area contributed by atoms with Gasteiger partial charge in [-0.05, 0) is 19.9 Å². The number of aromatic nitrogens is 1. The van der Waals surface area contributed by atoms with Gasteiger partial charge in [0, 0.05) is 25.9 Å². The minimum Gasteiger partial charge on any atom is -0.477 e. The molecule has 0 radical (unpaired) electrons. The molecular weight excluding hydrogens is 300 g/mol. The van der Waals surface area contributed by atoms with Crippen molar-refractivity contribution in [1.82, 2.24) is 9.29 Å². The van der Waals surface area contributed by atoms with Crippen LogP contribution in [0.2, 0.25) is 0 Å². The molecule has 1 unspecified atom stereocenters. The first-order valence-electron chi connectivity index (χ1n) is 6.31. The van der Waals surface area contributed by atoms with Crippen molar-refractivity contribution < 1.29 is 28.2 Å². The third-order valence-electron chi connectivity index (χ3n) is 2.78. The van der Waals surface area contributed by atoms with E-state index in [4.69, 9.17) is 9.84 Å². The van der Waals surface area contributed by atoms with Crippen molar-refractivity contribution in [2.24, 2.45) is 0 Å². The number of sulfonamides is 1. The highest BCUT2D eigenvalue weighted by molar-refractivity contribution is 7.89. The van der Waals surface area contributed by atoms with Crippen molar-refractivity contribution in [1.29, 1.82) is 0 Å². The Morgan fingerprint density at radius 3 is 2.52 bits per heavy atom. The average molecular weight is 320 g/mol. The van der Waals surface area contributed by atoms with Gasteiger partial charge in [0.2, 0.25) is 10.0 Å². The van der Waals surface area contributed by atoms with Crippen molar-refractivity contribution in [2.75, 3.05) is 20.3 Å². The highest BCUT2D eigenvalue weighted by Gasteiger charge is 2.23. The number of hydrogen-bond donors (Lipinski definition) is 3. The van der Waals surface area contributed by atoms with Crippen LogP contribution in [0.5, 0.6) is 0 Å². The second-order valence-corrected chi connectivity index (χ2v) is 6.60. The molecule has 0 spiro atoms. The van der Waals surface area contributed by atoms with E-state index < -0.39 is 22.1 Å². The van der Waals surface area contributed by atoms with Crippen LogP contribution in [0, 0.1) is 0 Å². The summed E-state index contributed by atoms with van der Waals surface area (Å²) in [5.41, 5.74) is -0.109. The zero-order valence-corrected chi connectivity index (χ0v) is 12.9. The standard InChI is InChI=1S/C12H20N2O6S/c1-8(2)14-6-10(4-11(14)12(16)17)21(18,19)13-5-9(15)7-20-3/h4,6,8-9,13,15H,5,7H2,1-3H3,(H,16,17). The summed E-state index contributed by atoms with van der Waals surface area (Å²) in [5, 5.41) is 18.5. The van der Waals surface area contributed by atoms with E-state index in [-0.39, 0.29) is 29.8 Å². The fraction of sp³-hybridized carbons (Fsp3) is 0.583. The summed E-state index contributed by atoms with van der Waals surface area (Å²) >= 11 is 0. The summed E-state index contributed by atoms with van der Waals surface area (Å²) in [6, 6.07) is 0.895. The van der Waals surface area contributed by atoms with Gasteiger partial charge in [-0.1, -0.05) is 0 Å². The molecule has 0 amide bonds. The Labute approximate surface area is 123 Å². The molecule has 0 aliphatic carbocycles. The molecule has 120 valence electrons. The molecule has 0 fully saturated rings. The van der Waals surface area contributed by atoms with E-state index in [9.17, 15) is 18.3 Å². The van der Waals surface area contributed by atoms with Crippen LogP contribution < -0.4 is 4.72 Å². The van der Waals surface area contributed by atoms with Crippen LogP contribution in [-0.2, 0) is 14.8 Å². The van der Waals surface area contributed by atoms with E-state index >= 15 is 0 Å². The zero-order valence-electron chi connectivity index (χ0n) is 12.1. The van der Waals surface area contributed by atoms with Crippen molar-refractivity contribution in [3.05, 3.63) is 18.0 Å². The van der Waals surface area contributed by atoms with Crippen LogP contribution in [0.4, 0.5) is 0 Å². The maximum atomic E-state index is 12.1. The Morgan fingerprint density at radius 2 is 2.10 bits per heavy atom. The Bertz CT molecular complexity index is 593. The number of carboxylic acid groups (broad SMARTS) is 1. The van der Waals surface area contributed by atoms with E-state index in [2.05, 4.69) is 4.72 Å². The molecule has 9 heteroatoms. The number of aliphatic hydroxyl groups excluding tert-OH is 1. The van der Waals surface area contributed by atoms with Gasteiger partial charge in [0.25, 0.3) is 0 Å². The van der Waals surface area contributed by atoms with E-state index in [0.29, 0.717) is 0 Å². The SMILES string of the molecule is COCC(O)CNS(=O)(=O)c1cc(C(=O)O)n(C(C)C)c1. The van der Waals surface area contributed by atoms with Crippen LogP contribution in [-0.4, -0.2) is 55.5 Å². The monoisotopic (exact) mass is 320 g/mol. The summed E-state index contributed by atoms with van der Waals surface area (Å²) in [4.78, 5) is 11.0. The molecule has 0 aromatic carbocycles. The lowest BCUT2D eigenvalue weighted by Gasteiger charge is -2.11. The minimum atomic E-state index is -3.89. The van der Waals surface area contributed by atoms with Gasteiger partial charge < -0.3 is 19.5 Å². The van der Waals surface area contributed by atoms with Crippen LogP contribution in [0.25, 0.3) is 0 Å². The van der Waals surface area contributed by atoms with Gasteiger partial charge in [0.1, 0.15) is 10.6 Å². The largest absolute Gasteiger partial charge is 0.477 e. The highest BCUT2D eigenvalue weighted by atomic mass is 32.2. The fourth-order valence-corrected chi connectivity index (χ4v) is 2.84. The molecule has 0 bridgehead atoms. The number of rotatable bonds is 8. The number of ether oxygens (including phenoxy) is 1. The lowest BCUT2D eigenvalue weighted by atomic mass is 10.3.